The molecule has 0 bridgehead atoms. The molecule has 0 fully saturated rings. The minimum absolute atomic E-state index is 0.0444. The number of hydrogen-bond acceptors (Lipinski definition) is 9. The van der Waals surface area contributed by atoms with E-state index in [9.17, 15) is 30.1 Å². The minimum Gasteiger partial charge on any atom is -0.481 e. The number of aliphatic carboxylic acids is 1. The lowest BCUT2D eigenvalue weighted by Gasteiger charge is -2.21. The van der Waals surface area contributed by atoms with Gasteiger partial charge in [-0.25, -0.2) is 0 Å². The third-order valence-electron chi connectivity index (χ3n) is 6.59. The molecule has 43 heavy (non-hydrogen) atoms. The smallest absolute Gasteiger partial charge is 0.313 e. The summed E-state index contributed by atoms with van der Waals surface area (Å²) >= 11 is 0. The minimum atomic E-state index is -1.21. The lowest BCUT2D eigenvalue weighted by Crippen LogP contribution is -2.19. The Kier molecular flexibility index (Phi) is 10.1. The molecule has 12 nitrogen and oxygen atoms in total. The van der Waals surface area contributed by atoms with E-state index in [-0.39, 0.29) is 31.4 Å². The first-order valence-corrected chi connectivity index (χ1v) is 13.3. The Morgan fingerprint density at radius 2 is 1.88 bits per heavy atom. The van der Waals surface area contributed by atoms with Gasteiger partial charge in [-0.1, -0.05) is 12.1 Å². The van der Waals surface area contributed by atoms with E-state index in [1.807, 2.05) is 0 Å². The zero-order valence-electron chi connectivity index (χ0n) is 23.5. The van der Waals surface area contributed by atoms with Crippen molar-refractivity contribution in [2.24, 2.45) is 0 Å². The van der Waals surface area contributed by atoms with Crippen LogP contribution in [-0.2, 0) is 23.8 Å². The highest BCUT2D eigenvalue weighted by Crippen LogP contribution is 2.43. The summed E-state index contributed by atoms with van der Waals surface area (Å²) in [5.74, 6) is -2.85. The summed E-state index contributed by atoms with van der Waals surface area (Å²) in [6, 6.07) is 18.1. The van der Waals surface area contributed by atoms with Crippen LogP contribution in [0.15, 0.2) is 60.7 Å². The Morgan fingerprint density at radius 3 is 2.58 bits per heavy atom. The third-order valence-corrected chi connectivity index (χ3v) is 6.59. The maximum absolute atomic E-state index is 13.0. The number of esters is 1. The van der Waals surface area contributed by atoms with Crippen LogP contribution in [0.1, 0.15) is 30.4 Å². The van der Waals surface area contributed by atoms with Crippen molar-refractivity contribution in [3.8, 4) is 34.2 Å². The molecule has 3 aromatic carbocycles. The summed E-state index contributed by atoms with van der Waals surface area (Å²) in [4.78, 5) is 39.2. The fourth-order valence-corrected chi connectivity index (χ4v) is 4.61. The molecule has 12 heteroatoms. The number of methoxy groups -OCH3 is 1. The SMILES string of the molecule is CCOC(=O)C(CC(=O)O)c1cc(-c2cccc([N+](=O)[O-])c2)c(OCOCCOC)c(-c2cc3cc(C#N)ccc3[nH]2)c1. The fourth-order valence-electron chi connectivity index (χ4n) is 4.61. The van der Waals surface area contributed by atoms with Crippen molar-refractivity contribution in [2.45, 2.75) is 19.3 Å². The van der Waals surface area contributed by atoms with Crippen LogP contribution in [0.2, 0.25) is 0 Å². The van der Waals surface area contributed by atoms with Crippen LogP contribution in [0.5, 0.6) is 5.75 Å². The molecule has 0 spiro atoms. The van der Waals surface area contributed by atoms with Crippen molar-refractivity contribution in [1.82, 2.24) is 4.98 Å². The number of aromatic nitrogens is 1. The molecule has 4 aromatic rings. The van der Waals surface area contributed by atoms with Crippen LogP contribution >= 0.6 is 0 Å². The first-order valence-electron chi connectivity index (χ1n) is 13.3. The number of carboxylic acid groups (broad SMARTS) is 1. The monoisotopic (exact) mass is 587 g/mol. The standard InChI is InChI=1S/C31H29N3O9/c1-3-42-31(37)25(16-29(35)36)21-13-24(20-5-4-6-23(12-20)34(38)39)30(43-18-41-10-9-40-2)26(14-21)28-15-22-11-19(17-32)7-8-27(22)33-28/h4-8,11-15,25,33H,3,9-10,16,18H2,1-2H3,(H,35,36). The van der Waals surface area contributed by atoms with E-state index in [4.69, 9.17) is 18.9 Å². The maximum atomic E-state index is 13.0. The Bertz CT molecular complexity index is 1690. The number of benzene rings is 3. The number of carboxylic acids is 1. The molecule has 0 radical (unpaired) electrons. The van der Waals surface area contributed by atoms with Crippen molar-refractivity contribution in [3.05, 3.63) is 81.9 Å². The molecular weight excluding hydrogens is 558 g/mol. The Labute approximate surface area is 246 Å². The number of hydrogen-bond donors (Lipinski definition) is 2. The van der Waals surface area contributed by atoms with Gasteiger partial charge < -0.3 is 29.0 Å². The van der Waals surface area contributed by atoms with Crippen molar-refractivity contribution in [3.63, 3.8) is 0 Å². The number of aromatic amines is 1. The van der Waals surface area contributed by atoms with E-state index in [2.05, 4.69) is 11.1 Å². The average Bonchev–Trinajstić information content (AvgIpc) is 3.43. The molecule has 2 N–H and O–H groups in total. The summed E-state index contributed by atoms with van der Waals surface area (Å²) in [6.45, 7) is 2.03. The lowest BCUT2D eigenvalue weighted by atomic mass is 9.89. The van der Waals surface area contributed by atoms with Gasteiger partial charge in [-0.05, 0) is 54.4 Å². The van der Waals surface area contributed by atoms with Crippen LogP contribution in [-0.4, -0.2) is 60.7 Å². The third kappa shape index (κ3) is 7.34. The van der Waals surface area contributed by atoms with Gasteiger partial charge in [0.1, 0.15) is 5.75 Å². The molecule has 1 heterocycles. The maximum Gasteiger partial charge on any atom is 0.313 e. The van der Waals surface area contributed by atoms with E-state index in [0.717, 1.165) is 5.39 Å². The molecule has 0 aliphatic heterocycles. The highest BCUT2D eigenvalue weighted by atomic mass is 16.7. The van der Waals surface area contributed by atoms with Crippen molar-refractivity contribution in [2.75, 3.05) is 33.7 Å². The van der Waals surface area contributed by atoms with Gasteiger partial charge in [0.2, 0.25) is 0 Å². The normalized spacial score (nSPS) is 11.6. The number of nitriles is 1. The highest BCUT2D eigenvalue weighted by molar-refractivity contribution is 5.92. The summed E-state index contributed by atoms with van der Waals surface area (Å²) in [6.07, 6.45) is -0.550. The van der Waals surface area contributed by atoms with Gasteiger partial charge in [-0.2, -0.15) is 5.26 Å². The quantitative estimate of drug-likeness (QED) is 0.0639. The number of rotatable bonds is 14. The van der Waals surface area contributed by atoms with Crippen LogP contribution in [0.4, 0.5) is 5.69 Å². The number of carbonyl (C=O) groups excluding carboxylic acids is 1. The van der Waals surface area contributed by atoms with Crippen LogP contribution in [0.25, 0.3) is 33.3 Å². The lowest BCUT2D eigenvalue weighted by molar-refractivity contribution is -0.384. The molecule has 0 aliphatic rings. The van der Waals surface area contributed by atoms with E-state index in [0.29, 0.717) is 45.6 Å². The molecule has 222 valence electrons. The van der Waals surface area contributed by atoms with Gasteiger partial charge in [-0.3, -0.25) is 19.7 Å². The second kappa shape index (κ2) is 14.1. The van der Waals surface area contributed by atoms with Crippen LogP contribution in [0, 0.1) is 21.4 Å². The zero-order valence-corrected chi connectivity index (χ0v) is 23.5. The molecule has 0 saturated carbocycles. The van der Waals surface area contributed by atoms with Gasteiger partial charge >= 0.3 is 11.9 Å². The molecule has 0 amide bonds. The number of non-ortho nitro benzene ring substituents is 1. The van der Waals surface area contributed by atoms with Gasteiger partial charge in [0.05, 0.1) is 54.4 Å². The summed E-state index contributed by atoms with van der Waals surface area (Å²) < 4.78 is 21.9. The number of nitro benzene ring substituents is 1. The van der Waals surface area contributed by atoms with Gasteiger partial charge in [-0.15, -0.1) is 0 Å². The van der Waals surface area contributed by atoms with Gasteiger partial charge in [0.15, 0.2) is 6.79 Å². The van der Waals surface area contributed by atoms with Crippen molar-refractivity contribution in [1.29, 1.82) is 5.26 Å². The number of nitrogens with zero attached hydrogens (tertiary/aromatic N) is 2. The molecular formula is C31H29N3O9. The Balaban J connectivity index is 2.00. The van der Waals surface area contributed by atoms with E-state index in [1.165, 1.54) is 25.3 Å². The van der Waals surface area contributed by atoms with Gasteiger partial charge in [0, 0.05) is 41.3 Å². The van der Waals surface area contributed by atoms with E-state index < -0.39 is 29.2 Å². The van der Waals surface area contributed by atoms with Crippen LogP contribution < -0.4 is 4.74 Å². The molecule has 1 unspecified atom stereocenters. The van der Waals surface area contributed by atoms with Crippen LogP contribution in [0.3, 0.4) is 0 Å². The first-order chi connectivity index (χ1) is 20.7. The highest BCUT2D eigenvalue weighted by Gasteiger charge is 2.29. The van der Waals surface area contributed by atoms with Crippen molar-refractivity contribution >= 4 is 28.5 Å². The molecule has 0 aliphatic carbocycles. The summed E-state index contributed by atoms with van der Waals surface area (Å²) in [5.41, 5.74) is 3.03. The largest absolute Gasteiger partial charge is 0.481 e. The van der Waals surface area contributed by atoms with Crippen molar-refractivity contribution < 1.29 is 38.6 Å². The predicted molar refractivity (Wildman–Crippen MR) is 155 cm³/mol. The van der Waals surface area contributed by atoms with Gasteiger partial charge in [0.25, 0.3) is 5.69 Å². The van der Waals surface area contributed by atoms with E-state index in [1.54, 1.807) is 49.4 Å². The zero-order chi connectivity index (χ0) is 30.9. The molecule has 1 aromatic heterocycles. The number of fused-ring (bicyclic) bond motifs is 1. The van der Waals surface area contributed by atoms with E-state index >= 15 is 0 Å². The average molecular weight is 588 g/mol. The molecule has 4 rings (SSSR count). The number of carbonyl (C=O) groups is 2. The Morgan fingerprint density at radius 1 is 1.09 bits per heavy atom. The molecule has 1 atom stereocenters. The second-order valence-corrected chi connectivity index (χ2v) is 9.42. The number of H-pyrrole nitrogens is 1. The predicted octanol–water partition coefficient (Wildman–Crippen LogP) is 5.40. The second-order valence-electron chi connectivity index (χ2n) is 9.42. The molecule has 0 saturated heterocycles. The fraction of sp³-hybridized carbons (Fsp3) is 0.258. The summed E-state index contributed by atoms with van der Waals surface area (Å²) in [5, 5.41) is 31.4. The summed E-state index contributed by atoms with van der Waals surface area (Å²) in [7, 11) is 1.53. The number of ether oxygens (including phenoxy) is 4. The Hall–Kier alpha value is -5.25. The number of nitrogens with one attached hydrogen (secondary N) is 1. The first kappa shape index (κ1) is 30.7. The number of nitro groups is 1. The topological polar surface area (TPSA) is 174 Å².